The number of hydrogen-bond acceptors (Lipinski definition) is 4. The third-order valence-electron chi connectivity index (χ3n) is 5.06. The summed E-state index contributed by atoms with van der Waals surface area (Å²) in [5.41, 5.74) is 4.78. The molecule has 0 radical (unpaired) electrons. The van der Waals surface area contributed by atoms with E-state index in [4.69, 9.17) is 0 Å². The highest BCUT2D eigenvalue weighted by Crippen LogP contribution is 2.22. The first-order valence-electron chi connectivity index (χ1n) is 9.13. The van der Waals surface area contributed by atoms with E-state index in [1.165, 1.54) is 0 Å². The molecular weight excluding hydrogens is 354 g/mol. The van der Waals surface area contributed by atoms with E-state index < -0.39 is 0 Å². The topological polar surface area (TPSA) is 92.7 Å². The van der Waals surface area contributed by atoms with Crippen LogP contribution in [-0.4, -0.2) is 25.7 Å². The zero-order chi connectivity index (χ0) is 19.8. The molecule has 3 heterocycles. The van der Waals surface area contributed by atoms with Crippen LogP contribution in [0.3, 0.4) is 0 Å². The summed E-state index contributed by atoms with van der Waals surface area (Å²) in [5.74, 6) is -0.0795. The number of nitrogens with zero attached hydrogens (tertiary/aromatic N) is 3. The number of amides is 1. The Morgan fingerprint density at radius 1 is 1.25 bits per heavy atom. The van der Waals surface area contributed by atoms with Crippen molar-refractivity contribution in [3.8, 4) is 0 Å². The van der Waals surface area contributed by atoms with Gasteiger partial charge in [-0.1, -0.05) is 6.07 Å². The molecule has 0 saturated heterocycles. The van der Waals surface area contributed by atoms with Crippen molar-refractivity contribution in [2.75, 3.05) is 5.32 Å². The number of carbonyl (C=O) groups excluding carboxylic acids is 1. The highest BCUT2D eigenvalue weighted by molar-refractivity contribution is 5.93. The number of nitrogens with one attached hydrogen (secondary N) is 2. The molecule has 3 aromatic heterocycles. The SMILES string of the molecule is Cc1nc2c(c(C)c1CCC(=O)Nc1ccc3ncccc3c1)c(=O)[nH]n2C. The van der Waals surface area contributed by atoms with Crippen LogP contribution in [0.2, 0.25) is 0 Å². The quantitative estimate of drug-likeness (QED) is 0.573. The molecule has 4 aromatic rings. The maximum atomic E-state index is 12.5. The lowest BCUT2D eigenvalue weighted by atomic mass is 10.00. The summed E-state index contributed by atoms with van der Waals surface area (Å²) in [7, 11) is 1.77. The van der Waals surface area contributed by atoms with Crippen molar-refractivity contribution in [2.45, 2.75) is 26.7 Å². The minimum Gasteiger partial charge on any atom is -0.326 e. The van der Waals surface area contributed by atoms with E-state index in [0.29, 0.717) is 23.9 Å². The first kappa shape index (κ1) is 17.9. The van der Waals surface area contributed by atoms with E-state index in [9.17, 15) is 9.59 Å². The van der Waals surface area contributed by atoms with Gasteiger partial charge >= 0.3 is 0 Å². The molecular formula is C21H21N5O2. The van der Waals surface area contributed by atoms with Crippen LogP contribution in [0.15, 0.2) is 41.3 Å². The number of benzene rings is 1. The molecule has 1 amide bonds. The maximum absolute atomic E-state index is 12.5. The van der Waals surface area contributed by atoms with Gasteiger partial charge in [-0.25, -0.2) is 4.98 Å². The molecule has 0 aliphatic rings. The number of pyridine rings is 2. The molecule has 142 valence electrons. The second-order valence-corrected chi connectivity index (χ2v) is 6.96. The number of H-pyrrole nitrogens is 1. The Morgan fingerprint density at radius 3 is 2.89 bits per heavy atom. The average Bonchev–Trinajstić information content (AvgIpc) is 2.95. The number of fused-ring (bicyclic) bond motifs is 2. The van der Waals surface area contributed by atoms with Crippen molar-refractivity contribution in [3.05, 3.63) is 63.7 Å². The van der Waals surface area contributed by atoms with Crippen LogP contribution in [0, 0.1) is 13.8 Å². The number of anilines is 1. The predicted molar refractivity (Wildman–Crippen MR) is 110 cm³/mol. The number of carbonyl (C=O) groups is 1. The van der Waals surface area contributed by atoms with Gasteiger partial charge in [0.15, 0.2) is 5.65 Å². The first-order chi connectivity index (χ1) is 13.4. The van der Waals surface area contributed by atoms with E-state index in [1.807, 2.05) is 44.2 Å². The summed E-state index contributed by atoms with van der Waals surface area (Å²) >= 11 is 0. The molecule has 7 nitrogen and oxygen atoms in total. The summed E-state index contributed by atoms with van der Waals surface area (Å²) in [5, 5.41) is 7.24. The van der Waals surface area contributed by atoms with Crippen LogP contribution in [0.5, 0.6) is 0 Å². The van der Waals surface area contributed by atoms with Gasteiger partial charge in [-0.15, -0.1) is 0 Å². The molecule has 1 aromatic carbocycles. The lowest BCUT2D eigenvalue weighted by Crippen LogP contribution is -2.13. The molecule has 0 unspecified atom stereocenters. The van der Waals surface area contributed by atoms with Gasteiger partial charge in [0.05, 0.1) is 10.9 Å². The molecule has 7 heteroatoms. The number of aryl methyl sites for hydroxylation is 3. The molecule has 0 aliphatic heterocycles. The summed E-state index contributed by atoms with van der Waals surface area (Å²) in [4.78, 5) is 33.5. The molecule has 0 spiro atoms. The van der Waals surface area contributed by atoms with Crippen LogP contribution in [0.1, 0.15) is 23.2 Å². The average molecular weight is 375 g/mol. The lowest BCUT2D eigenvalue weighted by molar-refractivity contribution is -0.116. The van der Waals surface area contributed by atoms with Crippen molar-refractivity contribution in [1.82, 2.24) is 19.7 Å². The fraction of sp³-hybridized carbons (Fsp3) is 0.238. The van der Waals surface area contributed by atoms with Gasteiger partial charge in [-0.2, -0.15) is 0 Å². The van der Waals surface area contributed by atoms with Crippen LogP contribution in [0.25, 0.3) is 21.9 Å². The van der Waals surface area contributed by atoms with Crippen molar-refractivity contribution >= 4 is 33.5 Å². The van der Waals surface area contributed by atoms with Crippen LogP contribution in [-0.2, 0) is 18.3 Å². The fourth-order valence-corrected chi connectivity index (χ4v) is 3.63. The number of aromatic amines is 1. The van der Waals surface area contributed by atoms with Gasteiger partial charge in [-0.3, -0.25) is 24.4 Å². The maximum Gasteiger partial charge on any atom is 0.273 e. The van der Waals surface area contributed by atoms with Crippen molar-refractivity contribution in [1.29, 1.82) is 0 Å². The van der Waals surface area contributed by atoms with Crippen molar-refractivity contribution in [3.63, 3.8) is 0 Å². The van der Waals surface area contributed by atoms with E-state index in [-0.39, 0.29) is 11.5 Å². The molecule has 0 saturated carbocycles. The molecule has 0 atom stereocenters. The Labute approximate surface area is 161 Å². The monoisotopic (exact) mass is 375 g/mol. The Hall–Kier alpha value is -3.48. The van der Waals surface area contributed by atoms with Gasteiger partial charge in [0.1, 0.15) is 0 Å². The van der Waals surface area contributed by atoms with Crippen molar-refractivity contribution < 1.29 is 4.79 Å². The number of hydrogen-bond donors (Lipinski definition) is 2. The summed E-state index contributed by atoms with van der Waals surface area (Å²) in [6.45, 7) is 3.82. The van der Waals surface area contributed by atoms with Gasteiger partial charge < -0.3 is 5.32 Å². The minimum atomic E-state index is -0.155. The van der Waals surface area contributed by atoms with E-state index in [2.05, 4.69) is 20.4 Å². The summed E-state index contributed by atoms with van der Waals surface area (Å²) < 4.78 is 1.63. The van der Waals surface area contributed by atoms with E-state index >= 15 is 0 Å². The molecule has 0 aliphatic carbocycles. The Bertz CT molecular complexity index is 1270. The zero-order valence-electron chi connectivity index (χ0n) is 16.0. The Kier molecular flexibility index (Phi) is 4.43. The smallest absolute Gasteiger partial charge is 0.273 e. The largest absolute Gasteiger partial charge is 0.326 e. The van der Waals surface area contributed by atoms with E-state index in [0.717, 1.165) is 33.4 Å². The highest BCUT2D eigenvalue weighted by atomic mass is 16.1. The zero-order valence-corrected chi connectivity index (χ0v) is 16.0. The standard InChI is InChI=1S/C21H21N5O2/c1-12-16(13(2)23-20-19(12)21(28)25-26(20)3)7-9-18(27)24-15-6-8-17-14(11-15)5-4-10-22-17/h4-6,8,10-11H,7,9H2,1-3H3,(H,24,27)(H,25,28). The molecule has 4 rings (SSSR count). The minimum absolute atomic E-state index is 0.0795. The summed E-state index contributed by atoms with van der Waals surface area (Å²) in [6.07, 6.45) is 2.58. The second kappa shape index (κ2) is 6.92. The van der Waals surface area contributed by atoms with Gasteiger partial charge in [0.2, 0.25) is 5.91 Å². The van der Waals surface area contributed by atoms with Gasteiger partial charge in [0, 0.05) is 36.4 Å². The van der Waals surface area contributed by atoms with E-state index in [1.54, 1.807) is 17.9 Å². The van der Waals surface area contributed by atoms with Crippen molar-refractivity contribution in [2.24, 2.45) is 7.05 Å². The first-order valence-corrected chi connectivity index (χ1v) is 9.13. The summed E-state index contributed by atoms with van der Waals surface area (Å²) in [6, 6.07) is 9.48. The third-order valence-corrected chi connectivity index (χ3v) is 5.06. The van der Waals surface area contributed by atoms with Gasteiger partial charge in [-0.05, 0) is 55.7 Å². The molecule has 0 bridgehead atoms. The Balaban J connectivity index is 1.53. The molecule has 2 N–H and O–H groups in total. The predicted octanol–water partition coefficient (Wildman–Crippen LogP) is 3.00. The normalized spacial score (nSPS) is 11.2. The van der Waals surface area contributed by atoms with Gasteiger partial charge in [0.25, 0.3) is 5.56 Å². The van der Waals surface area contributed by atoms with Crippen LogP contribution < -0.4 is 10.9 Å². The fourth-order valence-electron chi connectivity index (χ4n) is 3.63. The molecule has 28 heavy (non-hydrogen) atoms. The number of aromatic nitrogens is 4. The number of rotatable bonds is 4. The van der Waals surface area contributed by atoms with Crippen LogP contribution >= 0.6 is 0 Å². The van der Waals surface area contributed by atoms with Crippen LogP contribution in [0.4, 0.5) is 5.69 Å². The third kappa shape index (κ3) is 3.15. The Morgan fingerprint density at radius 2 is 2.07 bits per heavy atom. The molecule has 0 fully saturated rings. The lowest BCUT2D eigenvalue weighted by Gasteiger charge is -2.11. The second-order valence-electron chi connectivity index (χ2n) is 6.96. The highest BCUT2D eigenvalue weighted by Gasteiger charge is 2.16.